The van der Waals surface area contributed by atoms with Crippen molar-refractivity contribution in [3.05, 3.63) is 46.1 Å². The van der Waals surface area contributed by atoms with Crippen LogP contribution in [0.15, 0.2) is 29.3 Å². The maximum atomic E-state index is 13.8. The third kappa shape index (κ3) is 3.06. The minimum absolute atomic E-state index is 0.0642. The van der Waals surface area contributed by atoms with Crippen LogP contribution in [0.25, 0.3) is 10.4 Å². The number of nitrogens with two attached hydrogens (primary N) is 1. The van der Waals surface area contributed by atoms with E-state index in [2.05, 4.69) is 4.99 Å². The molecule has 2 aromatic rings. The summed E-state index contributed by atoms with van der Waals surface area (Å²) in [4.78, 5) is 5.89. The summed E-state index contributed by atoms with van der Waals surface area (Å²) >= 11 is 1.33. The number of aliphatic imine (C=N–C) groups is 1. The Morgan fingerprint density at radius 3 is 2.69 bits per heavy atom. The number of guanidine groups is 1. The second-order valence-corrected chi connectivity index (χ2v) is 9.48. The maximum Gasteiger partial charge on any atom is 0.239 e. The summed E-state index contributed by atoms with van der Waals surface area (Å²) in [6, 6.07) is 7.89. The van der Waals surface area contributed by atoms with Gasteiger partial charge in [0.1, 0.15) is 11.4 Å². The number of aryl methyl sites for hydroxylation is 1. The zero-order valence-corrected chi connectivity index (χ0v) is 16.1. The SMILES string of the molecule is Cc1cc(-c2cc(F)cc(C#N)c2)sc1[C@]1(C)CS(=O)(=O)N(C)C(N)=N1. The molecule has 3 rings (SSSR count). The van der Waals surface area contributed by atoms with E-state index < -0.39 is 21.4 Å². The Kier molecular flexibility index (Phi) is 4.29. The summed E-state index contributed by atoms with van der Waals surface area (Å²) in [5.74, 6) is -0.766. The van der Waals surface area contributed by atoms with Gasteiger partial charge in [-0.3, -0.25) is 0 Å². The molecule has 0 radical (unpaired) electrons. The molecule has 2 heterocycles. The van der Waals surface area contributed by atoms with Crippen molar-refractivity contribution in [2.24, 2.45) is 10.7 Å². The van der Waals surface area contributed by atoms with Crippen molar-refractivity contribution in [2.75, 3.05) is 12.8 Å². The molecule has 6 nitrogen and oxygen atoms in total. The molecule has 0 fully saturated rings. The molecule has 0 saturated carbocycles. The van der Waals surface area contributed by atoms with Gasteiger partial charge in [0.2, 0.25) is 16.0 Å². The fourth-order valence-electron chi connectivity index (χ4n) is 3.02. The van der Waals surface area contributed by atoms with Crippen LogP contribution < -0.4 is 5.73 Å². The van der Waals surface area contributed by atoms with Crippen LogP contribution in [-0.4, -0.2) is 31.5 Å². The lowest BCUT2D eigenvalue weighted by atomic mass is 10.00. The van der Waals surface area contributed by atoms with Gasteiger partial charge in [-0.1, -0.05) is 0 Å². The Labute approximate surface area is 155 Å². The van der Waals surface area contributed by atoms with E-state index in [0.717, 1.165) is 19.6 Å². The monoisotopic (exact) mass is 392 g/mol. The van der Waals surface area contributed by atoms with Gasteiger partial charge >= 0.3 is 0 Å². The highest BCUT2D eigenvalue weighted by Crippen LogP contribution is 2.42. The molecule has 9 heteroatoms. The number of hydrogen-bond donors (Lipinski definition) is 1. The van der Waals surface area contributed by atoms with Crippen molar-refractivity contribution < 1.29 is 12.8 Å². The second kappa shape index (κ2) is 6.07. The van der Waals surface area contributed by atoms with E-state index in [-0.39, 0.29) is 17.3 Å². The minimum atomic E-state index is -3.57. The van der Waals surface area contributed by atoms with E-state index in [1.54, 1.807) is 13.0 Å². The molecular formula is C17H17FN4O2S2. The number of sulfonamides is 1. The van der Waals surface area contributed by atoms with E-state index in [1.807, 2.05) is 19.1 Å². The molecule has 0 unspecified atom stereocenters. The first-order valence-electron chi connectivity index (χ1n) is 7.70. The third-order valence-corrected chi connectivity index (χ3v) is 7.77. The Balaban J connectivity index is 2.13. The molecule has 0 aliphatic carbocycles. The lowest BCUT2D eigenvalue weighted by Crippen LogP contribution is -2.50. The zero-order valence-electron chi connectivity index (χ0n) is 14.4. The number of benzene rings is 1. The van der Waals surface area contributed by atoms with Crippen LogP contribution in [0.1, 0.15) is 22.9 Å². The largest absolute Gasteiger partial charge is 0.369 e. The van der Waals surface area contributed by atoms with Crippen LogP contribution in [0.3, 0.4) is 0 Å². The predicted octanol–water partition coefficient (Wildman–Crippen LogP) is 2.54. The van der Waals surface area contributed by atoms with Crippen molar-refractivity contribution in [2.45, 2.75) is 19.4 Å². The Morgan fingerprint density at radius 1 is 1.38 bits per heavy atom. The van der Waals surface area contributed by atoms with Crippen LogP contribution in [0.5, 0.6) is 0 Å². The van der Waals surface area contributed by atoms with Crippen LogP contribution in [0, 0.1) is 24.1 Å². The number of thiophene rings is 1. The molecule has 2 N–H and O–H groups in total. The van der Waals surface area contributed by atoms with Gasteiger partial charge in [0.05, 0.1) is 17.4 Å². The van der Waals surface area contributed by atoms with Gasteiger partial charge in [0.25, 0.3) is 0 Å². The highest BCUT2D eigenvalue weighted by molar-refractivity contribution is 7.89. The molecule has 0 bridgehead atoms. The molecule has 136 valence electrons. The summed E-state index contributed by atoms with van der Waals surface area (Å²) in [7, 11) is -2.20. The van der Waals surface area contributed by atoms with E-state index in [0.29, 0.717) is 5.56 Å². The molecule has 0 amide bonds. The standard InChI is InChI=1S/C17H17FN4O2S2/c1-10-4-14(12-5-11(8-19)6-13(18)7-12)25-15(10)17(2)9-26(23,24)22(3)16(20)21-17/h4-7H,9H2,1-3H3,(H2,20,21)/t17-/m0/s1. The number of nitriles is 1. The normalized spacial score (nSPS) is 22.0. The van der Waals surface area contributed by atoms with E-state index in [1.165, 1.54) is 30.5 Å². The maximum absolute atomic E-state index is 13.8. The van der Waals surface area contributed by atoms with Gasteiger partial charge in [0.15, 0.2) is 0 Å². The van der Waals surface area contributed by atoms with E-state index >= 15 is 0 Å². The predicted molar refractivity (Wildman–Crippen MR) is 99.7 cm³/mol. The van der Waals surface area contributed by atoms with Gasteiger partial charge in [-0.05, 0) is 49.2 Å². The summed E-state index contributed by atoms with van der Waals surface area (Å²) < 4.78 is 39.5. The van der Waals surface area contributed by atoms with Crippen LogP contribution in [-0.2, 0) is 15.6 Å². The highest BCUT2D eigenvalue weighted by Gasteiger charge is 2.42. The lowest BCUT2D eigenvalue weighted by molar-refractivity contribution is 0.481. The molecule has 1 aliphatic rings. The number of nitrogens with zero attached hydrogens (tertiary/aromatic N) is 3. The molecule has 1 atom stereocenters. The Bertz CT molecular complexity index is 1070. The van der Waals surface area contributed by atoms with Crippen LogP contribution in [0.4, 0.5) is 4.39 Å². The summed E-state index contributed by atoms with van der Waals surface area (Å²) in [6.45, 7) is 3.57. The Morgan fingerprint density at radius 2 is 2.08 bits per heavy atom. The first-order valence-corrected chi connectivity index (χ1v) is 10.1. The summed E-state index contributed by atoms with van der Waals surface area (Å²) in [5, 5.41) is 9.03. The first-order chi connectivity index (χ1) is 12.1. The average Bonchev–Trinajstić information content (AvgIpc) is 2.94. The number of halogens is 1. The third-order valence-electron chi connectivity index (χ3n) is 4.28. The second-order valence-electron chi connectivity index (χ2n) is 6.43. The van der Waals surface area contributed by atoms with Crippen LogP contribution in [0.2, 0.25) is 0 Å². The van der Waals surface area contributed by atoms with Gasteiger partial charge in [0, 0.05) is 16.8 Å². The number of hydrogen-bond acceptors (Lipinski definition) is 6. The average molecular weight is 392 g/mol. The van der Waals surface area contributed by atoms with Crippen LogP contribution >= 0.6 is 11.3 Å². The fourth-order valence-corrected chi connectivity index (χ4v) is 5.80. The quantitative estimate of drug-likeness (QED) is 0.849. The van der Waals surface area contributed by atoms with Crippen molar-refractivity contribution in [1.82, 2.24) is 4.31 Å². The zero-order chi connectivity index (χ0) is 19.3. The number of rotatable bonds is 2. The minimum Gasteiger partial charge on any atom is -0.369 e. The van der Waals surface area contributed by atoms with Gasteiger partial charge in [-0.15, -0.1) is 11.3 Å². The molecule has 26 heavy (non-hydrogen) atoms. The fraction of sp³-hybridized carbons (Fsp3) is 0.294. The first kappa shape index (κ1) is 18.4. The summed E-state index contributed by atoms with van der Waals surface area (Å²) in [6.07, 6.45) is 0. The van der Waals surface area contributed by atoms with E-state index in [4.69, 9.17) is 11.0 Å². The lowest BCUT2D eigenvalue weighted by Gasteiger charge is -2.34. The van der Waals surface area contributed by atoms with E-state index in [9.17, 15) is 12.8 Å². The molecule has 1 aromatic carbocycles. The summed E-state index contributed by atoms with van der Waals surface area (Å²) in [5.41, 5.74) is 6.42. The van der Waals surface area contributed by atoms with Crippen molar-refractivity contribution in [3.8, 4) is 16.5 Å². The molecular weight excluding hydrogens is 375 g/mol. The van der Waals surface area contributed by atoms with Crippen molar-refractivity contribution >= 4 is 27.3 Å². The van der Waals surface area contributed by atoms with Gasteiger partial charge < -0.3 is 5.73 Å². The Hall–Kier alpha value is -2.44. The van der Waals surface area contributed by atoms with Crippen molar-refractivity contribution in [3.63, 3.8) is 0 Å². The van der Waals surface area contributed by atoms with Gasteiger partial charge in [-0.2, -0.15) is 5.26 Å². The molecule has 0 saturated heterocycles. The topological polar surface area (TPSA) is 99.5 Å². The van der Waals surface area contributed by atoms with Crippen molar-refractivity contribution in [1.29, 1.82) is 5.26 Å². The molecule has 1 aromatic heterocycles. The van der Waals surface area contributed by atoms with Gasteiger partial charge in [-0.25, -0.2) is 22.1 Å². The molecule has 1 aliphatic heterocycles. The smallest absolute Gasteiger partial charge is 0.239 e. The highest BCUT2D eigenvalue weighted by atomic mass is 32.2. The molecule has 0 spiro atoms.